The quantitative estimate of drug-likeness (QED) is 0.324. The van der Waals surface area contributed by atoms with Gasteiger partial charge in [0.15, 0.2) is 15.8 Å². The van der Waals surface area contributed by atoms with Crippen LogP contribution < -0.4 is 10.6 Å². The number of nitrogens with zero attached hydrogens (tertiary/aromatic N) is 2. The van der Waals surface area contributed by atoms with E-state index in [4.69, 9.17) is 0 Å². The molecule has 2 aromatic carbocycles. The zero-order valence-corrected chi connectivity index (χ0v) is 21.6. The van der Waals surface area contributed by atoms with Crippen molar-refractivity contribution in [2.24, 2.45) is 4.99 Å². The van der Waals surface area contributed by atoms with Gasteiger partial charge in [-0.05, 0) is 43.0 Å². The molecule has 0 bridgehead atoms. The Morgan fingerprint density at radius 2 is 1.77 bits per heavy atom. The monoisotopic (exact) mass is 556 g/mol. The summed E-state index contributed by atoms with van der Waals surface area (Å²) in [6.07, 6.45) is 3.36. The van der Waals surface area contributed by atoms with E-state index in [0.717, 1.165) is 37.5 Å². The molecule has 2 aromatic rings. The van der Waals surface area contributed by atoms with Crippen molar-refractivity contribution >= 4 is 39.8 Å². The van der Waals surface area contributed by atoms with Gasteiger partial charge in [0.1, 0.15) is 0 Å². The lowest BCUT2D eigenvalue weighted by Crippen LogP contribution is -2.51. The average Bonchev–Trinajstić information content (AvgIpc) is 2.73. The van der Waals surface area contributed by atoms with E-state index in [-0.39, 0.29) is 24.0 Å². The van der Waals surface area contributed by atoms with Crippen LogP contribution in [0.4, 0.5) is 0 Å². The molecule has 2 unspecified atom stereocenters. The van der Waals surface area contributed by atoms with Crippen LogP contribution in [0.1, 0.15) is 30.9 Å². The van der Waals surface area contributed by atoms with Gasteiger partial charge in [-0.2, -0.15) is 0 Å². The number of benzene rings is 2. The largest absolute Gasteiger partial charge is 0.354 e. The van der Waals surface area contributed by atoms with E-state index < -0.39 is 9.84 Å². The number of likely N-dealkylation sites (tertiary alicyclic amines) is 1. The number of hydrogen-bond acceptors (Lipinski definition) is 4. The predicted molar refractivity (Wildman–Crippen MR) is 138 cm³/mol. The lowest BCUT2D eigenvalue weighted by atomic mass is 9.97. The van der Waals surface area contributed by atoms with Crippen molar-refractivity contribution < 1.29 is 8.42 Å². The lowest BCUT2D eigenvalue weighted by Gasteiger charge is -2.38. The van der Waals surface area contributed by atoms with Crippen molar-refractivity contribution in [2.75, 3.05) is 19.8 Å². The summed E-state index contributed by atoms with van der Waals surface area (Å²) in [7, 11) is -1.39. The highest BCUT2D eigenvalue weighted by Crippen LogP contribution is 2.20. The molecule has 1 aliphatic heterocycles. The number of piperidine rings is 1. The number of hydrogen-bond donors (Lipinski definition) is 2. The third kappa shape index (κ3) is 7.76. The van der Waals surface area contributed by atoms with Gasteiger partial charge in [-0.3, -0.25) is 9.89 Å². The van der Waals surface area contributed by atoms with Crippen molar-refractivity contribution in [2.45, 2.75) is 49.8 Å². The number of nitrogens with one attached hydrogen (secondary N) is 2. The number of halogens is 1. The molecule has 0 saturated carbocycles. The van der Waals surface area contributed by atoms with Crippen LogP contribution in [0.3, 0.4) is 0 Å². The first kappa shape index (κ1) is 25.6. The zero-order valence-electron chi connectivity index (χ0n) is 18.4. The summed E-state index contributed by atoms with van der Waals surface area (Å²) in [4.78, 5) is 7.22. The Balaban J connectivity index is 0.00000341. The molecule has 0 amide bonds. The van der Waals surface area contributed by atoms with Crippen LogP contribution in [0.2, 0.25) is 0 Å². The summed E-state index contributed by atoms with van der Waals surface area (Å²) in [5.74, 6) is 0.774. The number of rotatable bonds is 6. The number of aliphatic imine (C=N–C) groups is 1. The van der Waals surface area contributed by atoms with Crippen molar-refractivity contribution in [3.63, 3.8) is 0 Å². The van der Waals surface area contributed by atoms with Crippen LogP contribution in [0.5, 0.6) is 0 Å². The second-order valence-corrected chi connectivity index (χ2v) is 10.0. The molecule has 1 aliphatic rings. The fourth-order valence-corrected chi connectivity index (χ4v) is 4.46. The Morgan fingerprint density at radius 1 is 1.10 bits per heavy atom. The van der Waals surface area contributed by atoms with Crippen LogP contribution in [0.25, 0.3) is 0 Å². The first-order valence-corrected chi connectivity index (χ1v) is 12.3. The van der Waals surface area contributed by atoms with Gasteiger partial charge in [0.25, 0.3) is 0 Å². The SMILES string of the molecule is CN=C(NCc1ccc(S(C)(=O)=O)cc1)NC1CCN(Cc2ccccc2)C(C)C1.I. The van der Waals surface area contributed by atoms with E-state index in [1.54, 1.807) is 19.2 Å². The van der Waals surface area contributed by atoms with E-state index in [9.17, 15) is 8.42 Å². The molecule has 6 nitrogen and oxygen atoms in total. The van der Waals surface area contributed by atoms with Gasteiger partial charge in [0.2, 0.25) is 0 Å². The second kappa shape index (κ2) is 11.8. The normalized spacial score (nSPS) is 20.0. The summed E-state index contributed by atoms with van der Waals surface area (Å²) in [5.41, 5.74) is 2.37. The van der Waals surface area contributed by atoms with E-state index in [2.05, 4.69) is 57.8 Å². The van der Waals surface area contributed by atoms with Crippen LogP contribution in [0.15, 0.2) is 64.5 Å². The van der Waals surface area contributed by atoms with Crippen molar-refractivity contribution in [1.29, 1.82) is 0 Å². The highest BCUT2D eigenvalue weighted by molar-refractivity contribution is 14.0. The molecular weight excluding hydrogens is 523 g/mol. The summed E-state index contributed by atoms with van der Waals surface area (Å²) in [6, 6.07) is 18.5. The minimum Gasteiger partial charge on any atom is -0.354 e. The molecule has 2 N–H and O–H groups in total. The predicted octanol–water partition coefficient (Wildman–Crippen LogP) is 3.43. The Labute approximate surface area is 203 Å². The van der Waals surface area contributed by atoms with Crippen LogP contribution in [-0.4, -0.2) is 51.2 Å². The van der Waals surface area contributed by atoms with Gasteiger partial charge in [-0.1, -0.05) is 42.5 Å². The molecule has 170 valence electrons. The van der Waals surface area contributed by atoms with E-state index in [1.807, 2.05) is 12.1 Å². The first-order valence-electron chi connectivity index (χ1n) is 10.4. The highest BCUT2D eigenvalue weighted by atomic mass is 127. The summed E-state index contributed by atoms with van der Waals surface area (Å²) in [5, 5.41) is 6.88. The maximum absolute atomic E-state index is 11.6. The van der Waals surface area contributed by atoms with Gasteiger partial charge in [-0.15, -0.1) is 24.0 Å². The maximum atomic E-state index is 11.6. The fourth-order valence-electron chi connectivity index (χ4n) is 3.83. The van der Waals surface area contributed by atoms with Gasteiger partial charge >= 0.3 is 0 Å². The van der Waals surface area contributed by atoms with Gasteiger partial charge in [0.05, 0.1) is 4.90 Å². The lowest BCUT2D eigenvalue weighted by molar-refractivity contribution is 0.134. The van der Waals surface area contributed by atoms with Gasteiger partial charge < -0.3 is 10.6 Å². The standard InChI is InChI=1S/C23H32N4O2S.HI/c1-18-15-21(13-14-27(18)17-20-7-5-4-6-8-20)26-23(24-2)25-16-19-9-11-22(12-10-19)30(3,28)29;/h4-12,18,21H,13-17H2,1-3H3,(H2,24,25,26);1H. The van der Waals surface area contributed by atoms with E-state index in [1.165, 1.54) is 11.8 Å². The topological polar surface area (TPSA) is 73.8 Å². The third-order valence-electron chi connectivity index (χ3n) is 5.62. The van der Waals surface area contributed by atoms with Crippen LogP contribution in [0, 0.1) is 0 Å². The molecule has 1 saturated heterocycles. The minimum atomic E-state index is -3.17. The molecule has 8 heteroatoms. The molecule has 0 aliphatic carbocycles. The summed E-state index contributed by atoms with van der Waals surface area (Å²) >= 11 is 0. The Morgan fingerprint density at radius 3 is 2.35 bits per heavy atom. The maximum Gasteiger partial charge on any atom is 0.191 e. The Hall–Kier alpha value is -1.65. The average molecular weight is 557 g/mol. The molecule has 3 rings (SSSR count). The summed E-state index contributed by atoms with van der Waals surface area (Å²) in [6.45, 7) is 4.92. The molecule has 1 fully saturated rings. The number of guanidine groups is 1. The van der Waals surface area contributed by atoms with Gasteiger partial charge in [-0.25, -0.2) is 8.42 Å². The highest BCUT2D eigenvalue weighted by Gasteiger charge is 2.25. The second-order valence-electron chi connectivity index (χ2n) is 8.01. The van der Waals surface area contributed by atoms with E-state index in [0.29, 0.717) is 23.5 Å². The van der Waals surface area contributed by atoms with Crippen LogP contribution >= 0.6 is 24.0 Å². The molecule has 2 atom stereocenters. The molecule has 0 spiro atoms. The van der Waals surface area contributed by atoms with Gasteiger partial charge in [0, 0.05) is 45.0 Å². The molecular formula is C23H33IN4O2S. The third-order valence-corrected chi connectivity index (χ3v) is 6.75. The smallest absolute Gasteiger partial charge is 0.191 e. The zero-order chi connectivity index (χ0) is 21.6. The Bertz CT molecular complexity index is 949. The van der Waals surface area contributed by atoms with Crippen molar-refractivity contribution in [3.8, 4) is 0 Å². The van der Waals surface area contributed by atoms with E-state index >= 15 is 0 Å². The minimum absolute atomic E-state index is 0. The molecule has 0 aromatic heterocycles. The van der Waals surface area contributed by atoms with Crippen molar-refractivity contribution in [1.82, 2.24) is 15.5 Å². The Kier molecular flexibility index (Phi) is 9.77. The molecule has 0 radical (unpaired) electrons. The van der Waals surface area contributed by atoms with Crippen LogP contribution in [-0.2, 0) is 22.9 Å². The number of sulfone groups is 1. The molecule has 1 heterocycles. The molecule has 31 heavy (non-hydrogen) atoms. The first-order chi connectivity index (χ1) is 14.3. The van der Waals surface area contributed by atoms with Crippen molar-refractivity contribution in [3.05, 3.63) is 65.7 Å². The fraction of sp³-hybridized carbons (Fsp3) is 0.435. The summed E-state index contributed by atoms with van der Waals surface area (Å²) < 4.78 is 23.2.